The smallest absolute Gasteiger partial charge is 0.270 e. The summed E-state index contributed by atoms with van der Waals surface area (Å²) in [5, 5.41) is 0. The van der Waals surface area contributed by atoms with Gasteiger partial charge in [0.05, 0.1) is 12.1 Å². The third-order valence-electron chi connectivity index (χ3n) is 6.69. The van der Waals surface area contributed by atoms with E-state index in [4.69, 9.17) is 4.74 Å². The maximum atomic E-state index is 12.8. The summed E-state index contributed by atoms with van der Waals surface area (Å²) < 4.78 is 5.89. The number of ether oxygens (including phenoxy) is 1. The highest BCUT2D eigenvalue weighted by Crippen LogP contribution is 2.16. The quantitative estimate of drug-likeness (QED) is 0.623. The fourth-order valence-corrected chi connectivity index (χ4v) is 4.08. The molecule has 1 aliphatic rings. The van der Waals surface area contributed by atoms with Crippen molar-refractivity contribution in [3.63, 3.8) is 0 Å². The summed E-state index contributed by atoms with van der Waals surface area (Å²) in [7, 11) is 3.64. The number of likely N-dealkylation sites (N-methyl/N-ethyl adjacent to an activating group) is 2. The molecule has 0 bridgehead atoms. The zero-order valence-corrected chi connectivity index (χ0v) is 21.6. The predicted octanol–water partition coefficient (Wildman–Crippen LogP) is 3.32. The van der Waals surface area contributed by atoms with Crippen molar-refractivity contribution in [1.82, 2.24) is 19.7 Å². The number of piperazine rings is 1. The van der Waals surface area contributed by atoms with Crippen LogP contribution >= 0.6 is 0 Å². The monoisotopic (exact) mass is 476 g/mol. The Hall–Kier alpha value is -3.50. The van der Waals surface area contributed by atoms with Crippen LogP contribution in [-0.2, 0) is 4.79 Å². The van der Waals surface area contributed by atoms with Gasteiger partial charge in [-0.15, -0.1) is 0 Å². The SMILES string of the molecule is C/C=C(/C#Cc1ccc(OCCN2CCN(C)C(=O)[C@H]2C)cc1)C(C)N(C)C(=O)c1[nH]ccc1C. The van der Waals surface area contributed by atoms with Crippen LogP contribution in [0.3, 0.4) is 0 Å². The molecule has 0 saturated carbocycles. The zero-order valence-electron chi connectivity index (χ0n) is 21.6. The van der Waals surface area contributed by atoms with Gasteiger partial charge in [0.15, 0.2) is 0 Å². The largest absolute Gasteiger partial charge is 0.492 e. The van der Waals surface area contributed by atoms with Gasteiger partial charge in [-0.05, 0) is 63.6 Å². The summed E-state index contributed by atoms with van der Waals surface area (Å²) in [5.41, 5.74) is 3.28. The van der Waals surface area contributed by atoms with Gasteiger partial charge in [0.2, 0.25) is 5.91 Å². The van der Waals surface area contributed by atoms with E-state index < -0.39 is 0 Å². The molecule has 1 fully saturated rings. The van der Waals surface area contributed by atoms with Gasteiger partial charge in [-0.25, -0.2) is 0 Å². The number of nitrogens with one attached hydrogen (secondary N) is 1. The molecular weight excluding hydrogens is 440 g/mol. The van der Waals surface area contributed by atoms with Crippen LogP contribution < -0.4 is 4.74 Å². The van der Waals surface area contributed by atoms with E-state index in [0.717, 1.165) is 35.5 Å². The molecule has 1 aromatic heterocycles. The minimum Gasteiger partial charge on any atom is -0.492 e. The highest BCUT2D eigenvalue weighted by atomic mass is 16.5. The summed E-state index contributed by atoms with van der Waals surface area (Å²) in [4.78, 5) is 33.6. The van der Waals surface area contributed by atoms with Crippen molar-refractivity contribution in [2.75, 3.05) is 40.3 Å². The Morgan fingerprint density at radius 3 is 2.63 bits per heavy atom. The van der Waals surface area contributed by atoms with Gasteiger partial charge in [-0.2, -0.15) is 0 Å². The van der Waals surface area contributed by atoms with Gasteiger partial charge >= 0.3 is 0 Å². The van der Waals surface area contributed by atoms with Crippen molar-refractivity contribution < 1.29 is 14.3 Å². The number of aromatic amines is 1. The molecule has 2 atom stereocenters. The van der Waals surface area contributed by atoms with Crippen molar-refractivity contribution in [3.8, 4) is 17.6 Å². The van der Waals surface area contributed by atoms with E-state index in [-0.39, 0.29) is 23.9 Å². The highest BCUT2D eigenvalue weighted by Gasteiger charge is 2.28. The summed E-state index contributed by atoms with van der Waals surface area (Å²) >= 11 is 0. The normalized spacial score (nSPS) is 17.5. The van der Waals surface area contributed by atoms with Crippen LogP contribution in [0.4, 0.5) is 0 Å². The molecule has 0 spiro atoms. The third-order valence-corrected chi connectivity index (χ3v) is 6.69. The Morgan fingerprint density at radius 2 is 2.00 bits per heavy atom. The number of hydrogen-bond donors (Lipinski definition) is 1. The van der Waals surface area contributed by atoms with Gasteiger partial charge < -0.3 is 19.5 Å². The molecule has 2 amide bonds. The Labute approximate surface area is 208 Å². The molecule has 2 heterocycles. The fourth-order valence-electron chi connectivity index (χ4n) is 4.08. The van der Waals surface area contributed by atoms with Gasteiger partial charge in [0.25, 0.3) is 5.91 Å². The van der Waals surface area contributed by atoms with E-state index in [1.165, 1.54) is 0 Å². The second-order valence-corrected chi connectivity index (χ2v) is 8.97. The summed E-state index contributed by atoms with van der Waals surface area (Å²) in [5.74, 6) is 7.29. The number of rotatable bonds is 7. The first kappa shape index (κ1) is 26.1. The molecule has 7 nitrogen and oxygen atoms in total. The number of H-pyrrole nitrogens is 1. The Balaban J connectivity index is 1.54. The molecule has 1 unspecified atom stereocenters. The first-order valence-electron chi connectivity index (χ1n) is 12.0. The van der Waals surface area contributed by atoms with Gasteiger partial charge in [0.1, 0.15) is 18.1 Å². The van der Waals surface area contributed by atoms with Crippen molar-refractivity contribution in [2.24, 2.45) is 0 Å². The number of allylic oxidation sites excluding steroid dienone is 1. The average molecular weight is 477 g/mol. The number of nitrogens with zero attached hydrogens (tertiary/aromatic N) is 3. The van der Waals surface area contributed by atoms with Gasteiger partial charge in [-0.1, -0.05) is 17.9 Å². The molecule has 186 valence electrons. The molecule has 0 aliphatic carbocycles. The van der Waals surface area contributed by atoms with Crippen molar-refractivity contribution in [3.05, 3.63) is 65.0 Å². The van der Waals surface area contributed by atoms with Crippen LogP contribution in [0.5, 0.6) is 5.75 Å². The number of carbonyl (C=O) groups excluding carboxylic acids is 2. The summed E-state index contributed by atoms with van der Waals surface area (Å²) in [6.45, 7) is 10.6. The highest BCUT2D eigenvalue weighted by molar-refractivity contribution is 5.94. The van der Waals surface area contributed by atoms with E-state index in [2.05, 4.69) is 21.7 Å². The first-order valence-corrected chi connectivity index (χ1v) is 12.0. The lowest BCUT2D eigenvalue weighted by molar-refractivity contribution is -0.139. The Morgan fingerprint density at radius 1 is 1.29 bits per heavy atom. The maximum absolute atomic E-state index is 12.8. The van der Waals surface area contributed by atoms with Gasteiger partial charge in [0, 0.05) is 51.1 Å². The minimum absolute atomic E-state index is 0.0574. The number of aryl methyl sites for hydroxylation is 1. The minimum atomic E-state index is -0.158. The standard InChI is InChI=1S/C28H36N4O3/c1-7-24(21(3)31(6)28(34)26-20(2)14-15-29-26)11-8-23-9-12-25(13-10-23)35-19-18-32-17-16-30(5)27(33)22(32)4/h7,9-10,12-15,21-22,29H,16-19H2,1-6H3/b24-7-/t21?,22-/m1/s1. The molecule has 2 aromatic rings. The lowest BCUT2D eigenvalue weighted by Crippen LogP contribution is -2.55. The predicted molar refractivity (Wildman–Crippen MR) is 138 cm³/mol. The van der Waals surface area contributed by atoms with E-state index in [0.29, 0.717) is 18.8 Å². The molecule has 1 N–H and O–H groups in total. The number of aromatic nitrogens is 1. The summed E-state index contributed by atoms with van der Waals surface area (Å²) in [6, 6.07) is 9.30. The summed E-state index contributed by atoms with van der Waals surface area (Å²) in [6.07, 6.45) is 3.73. The zero-order chi connectivity index (χ0) is 25.5. The molecular formula is C28H36N4O3. The fraction of sp³-hybridized carbons (Fsp3) is 0.429. The van der Waals surface area contributed by atoms with Crippen molar-refractivity contribution >= 4 is 11.8 Å². The first-order chi connectivity index (χ1) is 16.7. The number of hydrogen-bond acceptors (Lipinski definition) is 4. The van der Waals surface area contributed by atoms with Crippen LogP contribution in [-0.4, -0.2) is 83.9 Å². The molecule has 35 heavy (non-hydrogen) atoms. The van der Waals surface area contributed by atoms with Gasteiger partial charge in [-0.3, -0.25) is 14.5 Å². The lowest BCUT2D eigenvalue weighted by Gasteiger charge is -2.37. The maximum Gasteiger partial charge on any atom is 0.270 e. The second-order valence-electron chi connectivity index (χ2n) is 8.97. The molecule has 1 saturated heterocycles. The second kappa shape index (κ2) is 11.8. The molecule has 0 radical (unpaired) electrons. The van der Waals surface area contributed by atoms with Crippen LogP contribution in [0, 0.1) is 18.8 Å². The molecule has 1 aliphatic heterocycles. The molecule has 3 rings (SSSR count). The Kier molecular flexibility index (Phi) is 8.78. The van der Waals surface area contributed by atoms with Crippen molar-refractivity contribution in [1.29, 1.82) is 0 Å². The van der Waals surface area contributed by atoms with E-state index in [9.17, 15) is 9.59 Å². The topological polar surface area (TPSA) is 68.9 Å². The third kappa shape index (κ3) is 6.34. The Bertz CT molecular complexity index is 1120. The van der Waals surface area contributed by atoms with Crippen LogP contribution in [0.15, 0.2) is 48.2 Å². The number of carbonyl (C=O) groups is 2. The molecule has 1 aromatic carbocycles. The van der Waals surface area contributed by atoms with Crippen molar-refractivity contribution in [2.45, 2.75) is 39.8 Å². The van der Waals surface area contributed by atoms with Crippen LogP contribution in [0.25, 0.3) is 0 Å². The number of benzene rings is 1. The van der Waals surface area contributed by atoms with Crippen LogP contribution in [0.1, 0.15) is 42.4 Å². The van der Waals surface area contributed by atoms with E-state index in [1.807, 2.05) is 71.2 Å². The lowest BCUT2D eigenvalue weighted by atomic mass is 10.1. The van der Waals surface area contributed by atoms with Crippen LogP contribution in [0.2, 0.25) is 0 Å². The average Bonchev–Trinajstić information content (AvgIpc) is 3.29. The van der Waals surface area contributed by atoms with E-state index in [1.54, 1.807) is 23.0 Å². The number of amides is 2. The van der Waals surface area contributed by atoms with E-state index >= 15 is 0 Å². The molecule has 7 heteroatoms.